The lowest BCUT2D eigenvalue weighted by molar-refractivity contribution is -0.144. The second-order valence-electron chi connectivity index (χ2n) is 22.9. The molecule has 7 rings (SSSR count). The van der Waals surface area contributed by atoms with E-state index in [0.717, 1.165) is 60.8 Å². The molecule has 2 saturated heterocycles. The molecule has 3 aromatic carbocycles. The Labute approximate surface area is 434 Å². The molecule has 0 spiro atoms. The van der Waals surface area contributed by atoms with Gasteiger partial charge >= 0.3 is 0 Å². The van der Waals surface area contributed by atoms with Crippen molar-refractivity contribution in [3.63, 3.8) is 0 Å². The Balaban J connectivity index is 1.08. The number of fused-ring (bicyclic) bond motifs is 2. The molecule has 74 heavy (non-hydrogen) atoms. The predicted molar refractivity (Wildman–Crippen MR) is 280 cm³/mol. The van der Waals surface area contributed by atoms with E-state index in [1.165, 1.54) is 29.7 Å². The summed E-state index contributed by atoms with van der Waals surface area (Å²) in [6.07, 6.45) is 5.15. The van der Waals surface area contributed by atoms with Crippen LogP contribution in [0.25, 0.3) is 0 Å². The van der Waals surface area contributed by atoms with Crippen molar-refractivity contribution in [3.05, 3.63) is 106 Å². The van der Waals surface area contributed by atoms with E-state index in [9.17, 15) is 38.4 Å². The quantitative estimate of drug-likeness (QED) is 0.117. The first kappa shape index (κ1) is 55.1. The zero-order valence-corrected chi connectivity index (χ0v) is 44.1. The summed E-state index contributed by atoms with van der Waals surface area (Å²) in [5, 5.41) is 18.0. The number of nitrogens with two attached hydrogens (primary N) is 2. The van der Waals surface area contributed by atoms with Gasteiger partial charge in [-0.15, -0.1) is 0 Å². The van der Waals surface area contributed by atoms with Crippen LogP contribution in [-0.2, 0) is 41.6 Å². The molecule has 10 N–H and O–H groups in total. The monoisotopic (exact) mass is 1020 g/mol. The topological polar surface area (TPSA) is 267 Å². The Morgan fingerprint density at radius 2 is 0.919 bits per heavy atom. The number of rotatable bonds is 14. The van der Waals surface area contributed by atoms with Crippen molar-refractivity contribution < 1.29 is 38.4 Å². The summed E-state index contributed by atoms with van der Waals surface area (Å²) in [5.41, 5.74) is 14.9. The maximum atomic E-state index is 14.6. The highest BCUT2D eigenvalue weighted by Gasteiger charge is 2.48. The molecule has 398 valence electrons. The summed E-state index contributed by atoms with van der Waals surface area (Å²) in [6.45, 7) is 13.9. The summed E-state index contributed by atoms with van der Waals surface area (Å²) >= 11 is 0. The summed E-state index contributed by atoms with van der Waals surface area (Å²) in [6, 6.07) is 14.3. The number of carbonyl (C=O) groups excluding carboxylic acids is 8. The van der Waals surface area contributed by atoms with E-state index in [2.05, 4.69) is 44.0 Å². The summed E-state index contributed by atoms with van der Waals surface area (Å²) in [4.78, 5) is 115. The molecule has 2 heterocycles. The van der Waals surface area contributed by atoms with Crippen LogP contribution in [0.15, 0.2) is 72.8 Å². The third kappa shape index (κ3) is 12.8. The molecule has 0 aromatic heterocycles. The number of nitrogens with zero attached hydrogens (tertiary/aromatic N) is 2. The maximum Gasteiger partial charge on any atom is 0.251 e. The van der Waals surface area contributed by atoms with Crippen molar-refractivity contribution >= 4 is 47.3 Å². The minimum absolute atomic E-state index is 0.0331. The molecule has 0 bridgehead atoms. The molecule has 2 fully saturated rings. The Hall–Kier alpha value is -6.66. The third-order valence-electron chi connectivity index (χ3n) is 14.8. The SMILES string of the molecule is C[C@H](N)C(=O)N[C@H](C(=O)N1C[C@@H](NC(=O)c2cccc(C(=O)N[C@H]3C[C@@H](C(=O)N[C@H]4CCCc5ccccc54)N(C(=O)[C@@H](NC(=O)[C@H](C)N)C(C)(C)C)C3)c2)C[C@H]1C(=O)N[C@H]1CCCc2ccccc21)C(C)(C)C. The second kappa shape index (κ2) is 22.8. The standard InChI is InChI=1S/C56H76N10O8/c1-31(57)47(67)63-45(55(3,4)5)53(73)65-29-37(27-43(65)51(71)61-41-24-14-18-33-16-9-11-22-39(33)41)59-49(69)35-20-13-21-36(26-35)50(70)60-38-28-44(52(72)62-42-25-15-19-34-17-10-12-23-40(34)42)66(30-38)54(74)46(56(6,7)8)64-48(68)32(2)58/h9-13,16-17,20-23,26,31-32,37-38,41-46H,14-15,18-19,24-25,27-30,57-58H2,1-8H3,(H,59,69)(H,60,70)(H,61,71)(H,62,72)(H,63,67)(H,64,68)/t31-,32-,37-,38-,41-,42-,43-,44-,45+,46+/m0/s1. The highest BCUT2D eigenvalue weighted by atomic mass is 16.2. The first-order chi connectivity index (χ1) is 34.9. The lowest BCUT2D eigenvalue weighted by atomic mass is 9.85. The van der Waals surface area contributed by atoms with Gasteiger partial charge in [-0.2, -0.15) is 0 Å². The van der Waals surface area contributed by atoms with E-state index < -0.39 is 94.6 Å². The highest BCUT2D eigenvalue weighted by molar-refractivity contribution is 6.01. The first-order valence-corrected chi connectivity index (χ1v) is 26.1. The fraction of sp³-hybridized carbons (Fsp3) is 0.536. The smallest absolute Gasteiger partial charge is 0.251 e. The number of aryl methyl sites for hydroxylation is 2. The molecule has 0 saturated carbocycles. The van der Waals surface area contributed by atoms with Gasteiger partial charge in [0.1, 0.15) is 24.2 Å². The lowest BCUT2D eigenvalue weighted by Crippen LogP contribution is -2.59. The van der Waals surface area contributed by atoms with Crippen LogP contribution >= 0.6 is 0 Å². The van der Waals surface area contributed by atoms with Gasteiger partial charge in [-0.25, -0.2) is 0 Å². The molecule has 2 aliphatic carbocycles. The van der Waals surface area contributed by atoms with Crippen LogP contribution in [0.2, 0.25) is 0 Å². The number of benzene rings is 3. The summed E-state index contributed by atoms with van der Waals surface area (Å²) in [5.74, 6) is -3.85. The van der Waals surface area contributed by atoms with E-state index in [1.807, 2.05) is 77.9 Å². The van der Waals surface area contributed by atoms with Gasteiger partial charge in [-0.1, -0.05) is 96.1 Å². The van der Waals surface area contributed by atoms with Gasteiger partial charge in [0.25, 0.3) is 11.8 Å². The van der Waals surface area contributed by atoms with E-state index in [1.54, 1.807) is 18.2 Å². The maximum absolute atomic E-state index is 14.6. The van der Waals surface area contributed by atoms with Gasteiger partial charge in [0.2, 0.25) is 35.4 Å². The minimum Gasteiger partial charge on any atom is -0.347 e. The number of carbonyl (C=O) groups is 8. The molecular weight excluding hydrogens is 941 g/mol. The number of likely N-dealkylation sites (tertiary alicyclic amines) is 2. The van der Waals surface area contributed by atoms with Gasteiger partial charge in [0.05, 0.1) is 24.2 Å². The Bertz CT molecular complexity index is 2450. The molecule has 4 aliphatic rings. The Morgan fingerprint density at radius 3 is 1.28 bits per heavy atom. The largest absolute Gasteiger partial charge is 0.347 e. The zero-order valence-electron chi connectivity index (χ0n) is 44.1. The number of nitrogens with one attached hydrogen (secondary N) is 6. The number of hydrogen-bond donors (Lipinski definition) is 8. The van der Waals surface area contributed by atoms with E-state index in [0.29, 0.717) is 0 Å². The summed E-state index contributed by atoms with van der Waals surface area (Å²) < 4.78 is 0. The van der Waals surface area contributed by atoms with Crippen molar-refractivity contribution in [2.24, 2.45) is 22.3 Å². The van der Waals surface area contributed by atoms with Crippen LogP contribution in [0.3, 0.4) is 0 Å². The molecule has 10 atom stereocenters. The molecule has 8 amide bonds. The first-order valence-electron chi connectivity index (χ1n) is 26.1. The second-order valence-corrected chi connectivity index (χ2v) is 22.9. The van der Waals surface area contributed by atoms with Crippen LogP contribution < -0.4 is 43.4 Å². The van der Waals surface area contributed by atoms with Gasteiger partial charge in [-0.05, 0) is 116 Å². The van der Waals surface area contributed by atoms with Crippen LogP contribution in [0.5, 0.6) is 0 Å². The van der Waals surface area contributed by atoms with Crippen molar-refractivity contribution in [2.45, 2.75) is 167 Å². The van der Waals surface area contributed by atoms with Crippen molar-refractivity contribution in [2.75, 3.05) is 13.1 Å². The van der Waals surface area contributed by atoms with Crippen LogP contribution in [0.4, 0.5) is 0 Å². The molecule has 2 aliphatic heterocycles. The van der Waals surface area contributed by atoms with Gasteiger partial charge in [0.15, 0.2) is 0 Å². The molecule has 0 radical (unpaired) electrons. The number of amides is 8. The van der Waals surface area contributed by atoms with E-state index >= 15 is 0 Å². The predicted octanol–water partition coefficient (Wildman–Crippen LogP) is 3.23. The molecule has 3 aromatic rings. The fourth-order valence-corrected chi connectivity index (χ4v) is 10.7. The van der Waals surface area contributed by atoms with Crippen molar-refractivity contribution in [3.8, 4) is 0 Å². The Kier molecular flexibility index (Phi) is 17.0. The third-order valence-corrected chi connectivity index (χ3v) is 14.8. The van der Waals surface area contributed by atoms with Crippen LogP contribution in [0, 0.1) is 10.8 Å². The normalized spacial score (nSPS) is 23.2. The van der Waals surface area contributed by atoms with Crippen molar-refractivity contribution in [1.29, 1.82) is 0 Å². The average Bonchev–Trinajstić information content (AvgIpc) is 3.98. The average molecular weight is 1020 g/mol. The fourth-order valence-electron chi connectivity index (χ4n) is 10.7. The van der Waals surface area contributed by atoms with Crippen LogP contribution in [0.1, 0.15) is 149 Å². The van der Waals surface area contributed by atoms with Gasteiger partial charge in [0, 0.05) is 36.3 Å². The minimum atomic E-state index is -1.04. The molecule has 18 nitrogen and oxygen atoms in total. The van der Waals surface area contributed by atoms with E-state index in [-0.39, 0.29) is 61.0 Å². The molecule has 18 heteroatoms. The molecular formula is C56H76N10O8. The van der Waals surface area contributed by atoms with E-state index in [4.69, 9.17) is 11.5 Å². The lowest BCUT2D eigenvalue weighted by Gasteiger charge is -2.36. The number of hydrogen-bond acceptors (Lipinski definition) is 10. The van der Waals surface area contributed by atoms with Gasteiger partial charge < -0.3 is 53.2 Å². The summed E-state index contributed by atoms with van der Waals surface area (Å²) in [7, 11) is 0. The molecule has 0 unspecified atom stereocenters. The highest BCUT2D eigenvalue weighted by Crippen LogP contribution is 2.34. The Morgan fingerprint density at radius 1 is 0.541 bits per heavy atom. The van der Waals surface area contributed by atoms with Crippen LogP contribution in [-0.4, -0.2) is 118 Å². The zero-order chi connectivity index (χ0) is 53.8. The van der Waals surface area contributed by atoms with Crippen molar-refractivity contribution in [1.82, 2.24) is 41.7 Å². The van der Waals surface area contributed by atoms with Gasteiger partial charge in [-0.3, -0.25) is 38.4 Å².